The topological polar surface area (TPSA) is 64.7 Å². The average molecular weight is 365 g/mol. The molecule has 6 nitrogen and oxygen atoms in total. The van der Waals surface area contributed by atoms with Gasteiger partial charge in [-0.2, -0.15) is 0 Å². The summed E-state index contributed by atoms with van der Waals surface area (Å²) in [5.74, 6) is 1.55. The molecular formula is C18H25ClN4O2. The Kier molecular flexibility index (Phi) is 5.49. The molecule has 25 heavy (non-hydrogen) atoms. The highest BCUT2D eigenvalue weighted by Gasteiger charge is 2.31. The molecule has 0 aliphatic carbocycles. The predicted octanol–water partition coefficient (Wildman–Crippen LogP) is 1.71. The van der Waals surface area contributed by atoms with E-state index in [9.17, 15) is 9.59 Å². The number of nitrogens with one attached hydrogen (secondary N) is 2. The number of hydrogen-bond acceptors (Lipinski definition) is 3. The number of halogens is 1. The van der Waals surface area contributed by atoms with E-state index in [0.29, 0.717) is 18.7 Å². The molecule has 0 spiro atoms. The Morgan fingerprint density at radius 3 is 2.20 bits per heavy atom. The second-order valence-corrected chi connectivity index (χ2v) is 6.98. The van der Waals surface area contributed by atoms with E-state index in [1.807, 2.05) is 29.2 Å². The number of benzene rings is 1. The molecule has 3 aliphatic rings. The molecule has 3 aliphatic heterocycles. The zero-order valence-electron chi connectivity index (χ0n) is 14.2. The van der Waals surface area contributed by atoms with Crippen molar-refractivity contribution in [2.45, 2.75) is 12.8 Å². The molecule has 0 radical (unpaired) electrons. The van der Waals surface area contributed by atoms with Crippen LogP contribution >= 0.6 is 12.4 Å². The highest BCUT2D eigenvalue weighted by molar-refractivity contribution is 5.97. The molecule has 0 saturated carbocycles. The molecule has 3 heterocycles. The van der Waals surface area contributed by atoms with Gasteiger partial charge in [-0.15, -0.1) is 12.4 Å². The number of urea groups is 1. The summed E-state index contributed by atoms with van der Waals surface area (Å²) in [6, 6.07) is 7.36. The predicted molar refractivity (Wildman–Crippen MR) is 99.4 cm³/mol. The van der Waals surface area contributed by atoms with Crippen LogP contribution in [0.2, 0.25) is 0 Å². The molecule has 7 heteroatoms. The standard InChI is InChI=1S/C18H24N4O2.ClH/c23-17(21-8-5-14-11-19-12-15(14)6-9-21)13-1-3-16(4-2-13)22-10-7-20-18(22)24;/h1-4,14-15,19H,5-12H2,(H,20,24);1H/t14-,15+;. The summed E-state index contributed by atoms with van der Waals surface area (Å²) in [4.78, 5) is 28.2. The molecule has 3 amide bonds. The van der Waals surface area contributed by atoms with Gasteiger partial charge in [0.1, 0.15) is 0 Å². The third-order valence-corrected chi connectivity index (χ3v) is 5.59. The maximum Gasteiger partial charge on any atom is 0.321 e. The van der Waals surface area contributed by atoms with Crippen molar-refractivity contribution in [3.8, 4) is 0 Å². The van der Waals surface area contributed by atoms with Crippen LogP contribution in [0.4, 0.5) is 10.5 Å². The fourth-order valence-corrected chi connectivity index (χ4v) is 4.11. The van der Waals surface area contributed by atoms with Crippen molar-refractivity contribution in [3.63, 3.8) is 0 Å². The van der Waals surface area contributed by atoms with E-state index >= 15 is 0 Å². The lowest BCUT2D eigenvalue weighted by Gasteiger charge is -2.21. The molecule has 2 atom stereocenters. The van der Waals surface area contributed by atoms with Crippen LogP contribution in [0.25, 0.3) is 0 Å². The zero-order chi connectivity index (χ0) is 16.5. The number of carbonyl (C=O) groups is 2. The monoisotopic (exact) mass is 364 g/mol. The van der Waals surface area contributed by atoms with E-state index in [4.69, 9.17) is 0 Å². The first-order chi connectivity index (χ1) is 11.7. The summed E-state index contributed by atoms with van der Waals surface area (Å²) in [6.07, 6.45) is 2.19. The number of hydrogen-bond donors (Lipinski definition) is 2. The van der Waals surface area contributed by atoms with Crippen LogP contribution < -0.4 is 15.5 Å². The minimum absolute atomic E-state index is 0. The van der Waals surface area contributed by atoms with Crippen molar-refractivity contribution in [1.82, 2.24) is 15.5 Å². The summed E-state index contributed by atoms with van der Waals surface area (Å²) < 4.78 is 0. The highest BCUT2D eigenvalue weighted by Crippen LogP contribution is 2.28. The van der Waals surface area contributed by atoms with Gasteiger partial charge in [-0.1, -0.05) is 0 Å². The lowest BCUT2D eigenvalue weighted by atomic mass is 9.92. The first kappa shape index (κ1) is 18.0. The molecular weight excluding hydrogens is 340 g/mol. The largest absolute Gasteiger partial charge is 0.339 e. The third kappa shape index (κ3) is 3.60. The van der Waals surface area contributed by atoms with Crippen LogP contribution in [0.3, 0.4) is 0 Å². The van der Waals surface area contributed by atoms with Crippen molar-refractivity contribution in [2.75, 3.05) is 44.2 Å². The molecule has 1 aromatic carbocycles. The molecule has 0 aromatic heterocycles. The van der Waals surface area contributed by atoms with Crippen molar-refractivity contribution in [3.05, 3.63) is 29.8 Å². The van der Waals surface area contributed by atoms with Gasteiger partial charge >= 0.3 is 6.03 Å². The number of nitrogens with zero attached hydrogens (tertiary/aromatic N) is 2. The second-order valence-electron chi connectivity index (χ2n) is 6.98. The third-order valence-electron chi connectivity index (χ3n) is 5.59. The van der Waals surface area contributed by atoms with Crippen molar-refractivity contribution >= 4 is 30.0 Å². The summed E-state index contributed by atoms with van der Waals surface area (Å²) in [5, 5.41) is 6.25. The lowest BCUT2D eigenvalue weighted by Crippen LogP contribution is -2.33. The van der Waals surface area contributed by atoms with E-state index < -0.39 is 0 Å². The number of anilines is 1. The Morgan fingerprint density at radius 2 is 1.64 bits per heavy atom. The summed E-state index contributed by atoms with van der Waals surface area (Å²) >= 11 is 0. The fourth-order valence-electron chi connectivity index (χ4n) is 4.11. The van der Waals surface area contributed by atoms with Gasteiger partial charge in [0.05, 0.1) is 0 Å². The molecule has 4 rings (SSSR count). The molecule has 136 valence electrons. The van der Waals surface area contributed by atoms with Crippen LogP contribution in [0.15, 0.2) is 24.3 Å². The second kappa shape index (κ2) is 7.62. The van der Waals surface area contributed by atoms with Gasteiger partial charge in [-0.05, 0) is 62.0 Å². The zero-order valence-corrected chi connectivity index (χ0v) is 15.1. The quantitative estimate of drug-likeness (QED) is 0.839. The SMILES string of the molecule is Cl.O=C(c1ccc(N2CCNC2=O)cc1)N1CC[C@@H]2CNC[C@@H]2CC1. The van der Waals surface area contributed by atoms with Crippen molar-refractivity contribution in [2.24, 2.45) is 11.8 Å². The Hall–Kier alpha value is -1.79. The Bertz CT molecular complexity index is 622. The number of rotatable bonds is 2. The van der Waals surface area contributed by atoms with Gasteiger partial charge in [0.25, 0.3) is 5.91 Å². The summed E-state index contributed by atoms with van der Waals surface area (Å²) in [7, 11) is 0. The van der Waals surface area contributed by atoms with E-state index in [1.165, 1.54) is 0 Å². The molecule has 3 fully saturated rings. The average Bonchev–Trinajstić information content (AvgIpc) is 3.19. The first-order valence-electron chi connectivity index (χ1n) is 8.88. The molecule has 0 bridgehead atoms. The van der Waals surface area contributed by atoms with Crippen LogP contribution in [0, 0.1) is 11.8 Å². The van der Waals surface area contributed by atoms with Gasteiger partial charge in [-0.25, -0.2) is 4.79 Å². The number of carbonyl (C=O) groups excluding carboxylic acids is 2. The van der Waals surface area contributed by atoms with E-state index in [1.54, 1.807) is 4.90 Å². The minimum Gasteiger partial charge on any atom is -0.339 e. The number of likely N-dealkylation sites (tertiary alicyclic amines) is 1. The maximum absolute atomic E-state index is 12.8. The van der Waals surface area contributed by atoms with Gasteiger partial charge in [0.2, 0.25) is 0 Å². The number of amides is 3. The normalized spacial score (nSPS) is 25.8. The first-order valence-corrected chi connectivity index (χ1v) is 8.88. The smallest absolute Gasteiger partial charge is 0.321 e. The van der Waals surface area contributed by atoms with Crippen molar-refractivity contribution < 1.29 is 9.59 Å². The van der Waals surface area contributed by atoms with Gasteiger partial charge in [0.15, 0.2) is 0 Å². The van der Waals surface area contributed by atoms with Gasteiger partial charge in [0, 0.05) is 37.4 Å². The Morgan fingerprint density at radius 1 is 1.00 bits per heavy atom. The molecule has 1 aromatic rings. The van der Waals surface area contributed by atoms with Crippen LogP contribution in [-0.2, 0) is 0 Å². The van der Waals surface area contributed by atoms with E-state index in [-0.39, 0.29) is 24.3 Å². The summed E-state index contributed by atoms with van der Waals surface area (Å²) in [5.41, 5.74) is 1.56. The maximum atomic E-state index is 12.8. The molecule has 3 saturated heterocycles. The Labute approximate surface area is 154 Å². The van der Waals surface area contributed by atoms with Crippen LogP contribution in [0.5, 0.6) is 0 Å². The van der Waals surface area contributed by atoms with Crippen molar-refractivity contribution in [1.29, 1.82) is 0 Å². The van der Waals surface area contributed by atoms with Gasteiger partial charge < -0.3 is 15.5 Å². The molecule has 2 N–H and O–H groups in total. The van der Waals surface area contributed by atoms with Crippen LogP contribution in [0.1, 0.15) is 23.2 Å². The van der Waals surface area contributed by atoms with E-state index in [2.05, 4.69) is 10.6 Å². The van der Waals surface area contributed by atoms with Gasteiger partial charge in [-0.3, -0.25) is 9.69 Å². The number of fused-ring (bicyclic) bond motifs is 1. The van der Waals surface area contributed by atoms with E-state index in [0.717, 1.165) is 56.5 Å². The van der Waals surface area contributed by atoms with Crippen LogP contribution in [-0.4, -0.2) is 56.1 Å². The Balaban J connectivity index is 0.00000182. The minimum atomic E-state index is -0.0678. The summed E-state index contributed by atoms with van der Waals surface area (Å²) in [6.45, 7) is 5.23. The highest BCUT2D eigenvalue weighted by atomic mass is 35.5. The fraction of sp³-hybridized carbons (Fsp3) is 0.556. The molecule has 0 unspecified atom stereocenters. The lowest BCUT2D eigenvalue weighted by molar-refractivity contribution is 0.0758.